The lowest BCUT2D eigenvalue weighted by molar-refractivity contribution is -0.161. The van der Waals surface area contributed by atoms with Gasteiger partial charge in [0.2, 0.25) is 0 Å². The molecule has 0 aliphatic heterocycles. The lowest BCUT2D eigenvalue weighted by atomic mass is 9.50. The van der Waals surface area contributed by atoms with Crippen LogP contribution in [0.1, 0.15) is 52.9 Å². The van der Waals surface area contributed by atoms with Gasteiger partial charge in [0.25, 0.3) is 0 Å². The normalized spacial score (nSPS) is 25.8. The first-order valence-electron chi connectivity index (χ1n) is 6.30. The van der Waals surface area contributed by atoms with Crippen molar-refractivity contribution in [2.75, 3.05) is 0 Å². The Morgan fingerprint density at radius 1 is 1.38 bits per heavy atom. The van der Waals surface area contributed by atoms with Crippen molar-refractivity contribution >= 4 is 5.97 Å². The van der Waals surface area contributed by atoms with Crippen molar-refractivity contribution in [2.45, 2.75) is 64.5 Å². The number of nitrogens with two attached hydrogens (primary N) is 1. The summed E-state index contributed by atoms with van der Waals surface area (Å²) in [6, 6.07) is -0.412. The lowest BCUT2D eigenvalue weighted by Crippen LogP contribution is -2.53. The molecule has 0 aromatic rings. The third-order valence-electron chi connectivity index (χ3n) is 3.99. The fourth-order valence-electron chi connectivity index (χ4n) is 2.95. The fraction of sp³-hybridized carbons (Fsp3) is 0.923. The second-order valence-corrected chi connectivity index (χ2v) is 6.58. The average Bonchev–Trinajstić information content (AvgIpc) is 1.94. The van der Waals surface area contributed by atoms with Crippen LogP contribution in [-0.4, -0.2) is 17.6 Å². The molecule has 0 radical (unpaired) electrons. The second-order valence-electron chi connectivity index (χ2n) is 6.58. The molecule has 1 unspecified atom stereocenters. The van der Waals surface area contributed by atoms with Crippen LogP contribution in [0.25, 0.3) is 0 Å². The molecule has 2 fully saturated rings. The highest BCUT2D eigenvalue weighted by atomic mass is 16.6. The Balaban J connectivity index is 1.80. The lowest BCUT2D eigenvalue weighted by Gasteiger charge is -2.55. The highest BCUT2D eigenvalue weighted by molar-refractivity contribution is 5.76. The van der Waals surface area contributed by atoms with Crippen molar-refractivity contribution in [3.63, 3.8) is 0 Å². The van der Waals surface area contributed by atoms with E-state index in [2.05, 4.69) is 0 Å². The van der Waals surface area contributed by atoms with Crippen LogP contribution in [-0.2, 0) is 9.53 Å². The van der Waals surface area contributed by atoms with Gasteiger partial charge in [0, 0.05) is 0 Å². The van der Waals surface area contributed by atoms with Crippen molar-refractivity contribution in [3.05, 3.63) is 0 Å². The van der Waals surface area contributed by atoms with Gasteiger partial charge in [-0.2, -0.15) is 0 Å². The van der Waals surface area contributed by atoms with Gasteiger partial charge in [-0.3, -0.25) is 4.79 Å². The summed E-state index contributed by atoms with van der Waals surface area (Å²) >= 11 is 0. The van der Waals surface area contributed by atoms with Gasteiger partial charge in [-0.25, -0.2) is 0 Å². The van der Waals surface area contributed by atoms with Crippen LogP contribution >= 0.6 is 0 Å². The smallest absolute Gasteiger partial charge is 0.323 e. The third kappa shape index (κ3) is 2.24. The Hall–Kier alpha value is -0.570. The third-order valence-corrected chi connectivity index (χ3v) is 3.99. The zero-order chi connectivity index (χ0) is 12.0. The van der Waals surface area contributed by atoms with E-state index in [1.54, 1.807) is 0 Å². The van der Waals surface area contributed by atoms with Gasteiger partial charge in [-0.15, -0.1) is 0 Å². The Labute approximate surface area is 97.7 Å². The van der Waals surface area contributed by atoms with E-state index in [0.717, 1.165) is 12.8 Å². The topological polar surface area (TPSA) is 52.3 Å². The molecule has 1 spiro atoms. The van der Waals surface area contributed by atoms with Crippen molar-refractivity contribution < 1.29 is 9.53 Å². The minimum atomic E-state index is -0.424. The number of hydrogen-bond acceptors (Lipinski definition) is 3. The van der Waals surface area contributed by atoms with Crippen LogP contribution in [0.5, 0.6) is 0 Å². The van der Waals surface area contributed by atoms with Crippen LogP contribution in [0, 0.1) is 11.3 Å². The average molecular weight is 225 g/mol. The molecule has 2 rings (SSSR count). The predicted molar refractivity (Wildman–Crippen MR) is 62.8 cm³/mol. The van der Waals surface area contributed by atoms with Crippen molar-refractivity contribution in [3.8, 4) is 0 Å². The Morgan fingerprint density at radius 2 is 1.94 bits per heavy atom. The molecule has 0 bridgehead atoms. The quantitative estimate of drug-likeness (QED) is 0.733. The van der Waals surface area contributed by atoms with Crippen molar-refractivity contribution in [1.82, 2.24) is 0 Å². The van der Waals surface area contributed by atoms with E-state index in [4.69, 9.17) is 10.5 Å². The number of ether oxygens (including phenoxy) is 1. The second kappa shape index (κ2) is 3.73. The molecule has 0 saturated heterocycles. The number of esters is 1. The zero-order valence-electron chi connectivity index (χ0n) is 10.6. The molecule has 2 saturated carbocycles. The summed E-state index contributed by atoms with van der Waals surface area (Å²) in [5.41, 5.74) is 6.10. The van der Waals surface area contributed by atoms with E-state index in [1.807, 2.05) is 20.8 Å². The van der Waals surface area contributed by atoms with E-state index < -0.39 is 11.6 Å². The fourth-order valence-corrected chi connectivity index (χ4v) is 2.95. The maximum absolute atomic E-state index is 11.8. The summed E-state index contributed by atoms with van der Waals surface area (Å²) in [7, 11) is 0. The molecule has 92 valence electrons. The number of carbonyl (C=O) groups excluding carboxylic acids is 1. The van der Waals surface area contributed by atoms with Crippen LogP contribution in [0.3, 0.4) is 0 Å². The minimum Gasteiger partial charge on any atom is -0.459 e. The van der Waals surface area contributed by atoms with Crippen LogP contribution in [0.15, 0.2) is 0 Å². The van der Waals surface area contributed by atoms with Gasteiger partial charge in [0.05, 0.1) is 0 Å². The van der Waals surface area contributed by atoms with Gasteiger partial charge in [0.15, 0.2) is 0 Å². The molecule has 16 heavy (non-hydrogen) atoms. The molecule has 0 amide bonds. The summed E-state index contributed by atoms with van der Waals surface area (Å²) in [6.07, 6.45) is 6.30. The molecule has 0 heterocycles. The molecule has 3 nitrogen and oxygen atoms in total. The molecule has 0 aromatic carbocycles. The minimum absolute atomic E-state index is 0.230. The van der Waals surface area contributed by atoms with E-state index in [1.165, 1.54) is 19.3 Å². The Kier molecular flexibility index (Phi) is 2.77. The summed E-state index contributed by atoms with van der Waals surface area (Å²) < 4.78 is 5.31. The first kappa shape index (κ1) is 11.9. The van der Waals surface area contributed by atoms with Crippen LogP contribution in [0.4, 0.5) is 0 Å². The Morgan fingerprint density at radius 3 is 2.31 bits per heavy atom. The molecule has 2 aliphatic rings. The van der Waals surface area contributed by atoms with E-state index in [0.29, 0.717) is 11.3 Å². The number of hydrogen-bond donors (Lipinski definition) is 1. The Bertz CT molecular complexity index is 281. The van der Waals surface area contributed by atoms with Gasteiger partial charge in [-0.05, 0) is 57.8 Å². The molecule has 0 aromatic heterocycles. The molecule has 1 atom stereocenters. The summed E-state index contributed by atoms with van der Waals surface area (Å²) in [4.78, 5) is 11.8. The monoisotopic (exact) mass is 225 g/mol. The predicted octanol–water partition coefficient (Wildman–Crippen LogP) is 2.24. The standard InChI is InChI=1S/C13H23NO2/c1-12(2,3)16-11(15)10(14)9-7-13(8-9)5-4-6-13/h9-10H,4-8,14H2,1-3H3. The van der Waals surface area contributed by atoms with Gasteiger partial charge in [-0.1, -0.05) is 6.42 Å². The maximum Gasteiger partial charge on any atom is 0.323 e. The SMILES string of the molecule is CC(C)(C)OC(=O)C(N)C1CC2(CCC2)C1. The van der Waals surface area contributed by atoms with Crippen LogP contribution in [0.2, 0.25) is 0 Å². The van der Waals surface area contributed by atoms with Crippen molar-refractivity contribution in [1.29, 1.82) is 0 Å². The number of carbonyl (C=O) groups is 1. The van der Waals surface area contributed by atoms with E-state index in [9.17, 15) is 4.79 Å². The molecule has 3 heteroatoms. The number of rotatable bonds is 2. The molecule has 2 N–H and O–H groups in total. The summed E-state index contributed by atoms with van der Waals surface area (Å²) in [6.45, 7) is 5.64. The molecular formula is C13H23NO2. The molecule has 2 aliphatic carbocycles. The van der Waals surface area contributed by atoms with Crippen molar-refractivity contribution in [2.24, 2.45) is 17.1 Å². The molecular weight excluding hydrogens is 202 g/mol. The summed E-state index contributed by atoms with van der Waals surface area (Å²) in [5, 5.41) is 0. The van der Waals surface area contributed by atoms with Gasteiger partial charge in [0.1, 0.15) is 11.6 Å². The van der Waals surface area contributed by atoms with E-state index in [-0.39, 0.29) is 5.97 Å². The highest BCUT2D eigenvalue weighted by Crippen LogP contribution is 2.59. The van der Waals surface area contributed by atoms with Crippen LogP contribution < -0.4 is 5.73 Å². The first-order chi connectivity index (χ1) is 7.31. The zero-order valence-corrected chi connectivity index (χ0v) is 10.6. The largest absolute Gasteiger partial charge is 0.459 e. The van der Waals surface area contributed by atoms with Gasteiger partial charge >= 0.3 is 5.97 Å². The van der Waals surface area contributed by atoms with Gasteiger partial charge < -0.3 is 10.5 Å². The first-order valence-corrected chi connectivity index (χ1v) is 6.30. The maximum atomic E-state index is 11.8. The van der Waals surface area contributed by atoms with E-state index >= 15 is 0 Å². The summed E-state index contributed by atoms with van der Waals surface area (Å²) in [5.74, 6) is 0.127. The highest BCUT2D eigenvalue weighted by Gasteiger charge is 2.51.